The van der Waals surface area contributed by atoms with Gasteiger partial charge in [-0.15, -0.1) is 21.5 Å². The highest BCUT2D eigenvalue weighted by Gasteiger charge is 2.16. The highest BCUT2D eigenvalue weighted by atomic mass is 32.1. The second-order valence-electron chi connectivity index (χ2n) is 2.28. The quantitative estimate of drug-likeness (QED) is 0.781. The number of methoxy groups -OCH3 is 1. The van der Waals surface area contributed by atoms with Gasteiger partial charge in [0, 0.05) is 5.38 Å². The molecule has 0 N–H and O–H groups in total. The van der Waals surface area contributed by atoms with Crippen LogP contribution in [0.3, 0.4) is 0 Å². The molecule has 0 spiro atoms. The van der Waals surface area contributed by atoms with Gasteiger partial charge in [-0.25, -0.2) is 9.78 Å². The molecule has 0 aliphatic carbocycles. The number of hydrogen-bond donors (Lipinski definition) is 0. The number of rotatable bonds is 2. The Balaban J connectivity index is 0.000000659. The predicted molar refractivity (Wildman–Crippen MR) is 69.4 cm³/mol. The summed E-state index contributed by atoms with van der Waals surface area (Å²) < 4.78 is 9.44. The topological polar surface area (TPSA) is 78.1 Å². The molecule has 0 atom stereocenters. The van der Waals surface area contributed by atoms with Gasteiger partial charge < -0.3 is 9.15 Å². The first kappa shape index (κ1) is 16.2. The maximum Gasteiger partial charge on any atom is 0.396 e. The fourth-order valence-electron chi connectivity index (χ4n) is 0.815. The average molecular weight is 271 g/mol. The lowest BCUT2D eigenvalue weighted by molar-refractivity contribution is 0.0556. The zero-order valence-electron chi connectivity index (χ0n) is 11.1. The standard InChI is InChI=1S/C7H5N3O3S.2C2H6/c1-12-7(11)6-10-9-5(13-6)4-2-14-3-8-4;2*1-2/h2-3H,1H3;2*1-2H3. The first-order chi connectivity index (χ1) is 8.81. The molecule has 0 saturated heterocycles. The smallest absolute Gasteiger partial charge is 0.396 e. The van der Waals surface area contributed by atoms with Gasteiger partial charge in [-0.3, -0.25) is 0 Å². The van der Waals surface area contributed by atoms with E-state index in [1.54, 1.807) is 10.9 Å². The van der Waals surface area contributed by atoms with Gasteiger partial charge in [0.15, 0.2) is 0 Å². The first-order valence-corrected chi connectivity index (χ1v) is 6.56. The van der Waals surface area contributed by atoms with E-state index in [2.05, 4.69) is 19.9 Å². The summed E-state index contributed by atoms with van der Waals surface area (Å²) in [5.74, 6) is -0.610. The number of ether oxygens (including phenoxy) is 1. The predicted octanol–water partition coefficient (Wildman–Crippen LogP) is 3.03. The van der Waals surface area contributed by atoms with E-state index in [9.17, 15) is 4.79 Å². The summed E-state index contributed by atoms with van der Waals surface area (Å²) in [7, 11) is 1.25. The zero-order valence-corrected chi connectivity index (χ0v) is 11.9. The minimum Gasteiger partial charge on any atom is -0.462 e. The molecule has 100 valence electrons. The highest BCUT2D eigenvalue weighted by Crippen LogP contribution is 2.17. The third-order valence-corrected chi connectivity index (χ3v) is 2.02. The number of carbonyl (C=O) groups excluding carboxylic acids is 1. The van der Waals surface area contributed by atoms with Crippen molar-refractivity contribution in [1.29, 1.82) is 0 Å². The van der Waals surface area contributed by atoms with Gasteiger partial charge in [0.25, 0.3) is 5.89 Å². The monoisotopic (exact) mass is 271 g/mol. The molecule has 2 rings (SSSR count). The van der Waals surface area contributed by atoms with Gasteiger partial charge in [-0.05, 0) is 0 Å². The molecule has 2 aromatic heterocycles. The first-order valence-electron chi connectivity index (χ1n) is 5.61. The van der Waals surface area contributed by atoms with E-state index < -0.39 is 5.97 Å². The molecule has 0 saturated carbocycles. The van der Waals surface area contributed by atoms with E-state index in [-0.39, 0.29) is 11.8 Å². The summed E-state index contributed by atoms with van der Waals surface area (Å²) in [5.41, 5.74) is 2.19. The van der Waals surface area contributed by atoms with E-state index in [4.69, 9.17) is 4.42 Å². The molecule has 0 aliphatic heterocycles. The van der Waals surface area contributed by atoms with Crippen LogP contribution >= 0.6 is 11.3 Å². The SMILES string of the molecule is CC.CC.COC(=O)c1nnc(-c2cscn2)o1. The fraction of sp³-hybridized carbons (Fsp3) is 0.455. The van der Waals surface area contributed by atoms with E-state index in [1.165, 1.54) is 18.4 Å². The Morgan fingerprint density at radius 3 is 2.44 bits per heavy atom. The third kappa shape index (κ3) is 4.25. The molecule has 18 heavy (non-hydrogen) atoms. The Kier molecular flexibility index (Phi) is 8.38. The Hall–Kier alpha value is -1.76. The molecule has 0 aliphatic rings. The molecule has 0 unspecified atom stereocenters. The van der Waals surface area contributed by atoms with Crippen molar-refractivity contribution in [2.24, 2.45) is 0 Å². The normalized spacial score (nSPS) is 8.50. The van der Waals surface area contributed by atoms with Crippen LogP contribution in [0.4, 0.5) is 0 Å². The number of esters is 1. The maximum atomic E-state index is 11.0. The minimum atomic E-state index is -0.654. The van der Waals surface area contributed by atoms with Crippen LogP contribution in [0.2, 0.25) is 0 Å². The number of carbonyl (C=O) groups is 1. The van der Waals surface area contributed by atoms with Crippen molar-refractivity contribution in [3.05, 3.63) is 16.8 Å². The molecule has 0 radical (unpaired) electrons. The molecule has 2 aromatic rings. The van der Waals surface area contributed by atoms with Crippen LogP contribution in [0.25, 0.3) is 11.6 Å². The summed E-state index contributed by atoms with van der Waals surface area (Å²) in [5, 5.41) is 8.92. The summed E-state index contributed by atoms with van der Waals surface area (Å²) in [6.07, 6.45) is 0. The fourth-order valence-corrected chi connectivity index (χ4v) is 1.34. The second-order valence-corrected chi connectivity index (χ2v) is 3.00. The van der Waals surface area contributed by atoms with Crippen LogP contribution in [-0.2, 0) is 4.74 Å². The summed E-state index contributed by atoms with van der Waals surface area (Å²) >= 11 is 1.40. The van der Waals surface area contributed by atoms with Gasteiger partial charge in [-0.1, -0.05) is 27.7 Å². The molecule has 0 aromatic carbocycles. The Bertz CT molecular complexity index is 440. The van der Waals surface area contributed by atoms with E-state index in [1.807, 2.05) is 27.7 Å². The van der Waals surface area contributed by atoms with Gasteiger partial charge >= 0.3 is 11.9 Å². The summed E-state index contributed by atoms with van der Waals surface area (Å²) in [4.78, 5) is 14.9. The number of aromatic nitrogens is 3. The summed E-state index contributed by atoms with van der Waals surface area (Å²) in [6, 6.07) is 0. The Labute approximate surface area is 110 Å². The lowest BCUT2D eigenvalue weighted by atomic mass is 10.5. The van der Waals surface area contributed by atoms with Crippen LogP contribution in [0, 0.1) is 0 Å². The second kappa shape index (κ2) is 9.29. The largest absolute Gasteiger partial charge is 0.462 e. The molecule has 0 amide bonds. The van der Waals surface area contributed by atoms with Gasteiger partial charge in [0.1, 0.15) is 5.69 Å². The maximum absolute atomic E-state index is 11.0. The molecule has 2 heterocycles. The third-order valence-electron chi connectivity index (χ3n) is 1.44. The van der Waals surface area contributed by atoms with Crippen LogP contribution < -0.4 is 0 Å². The van der Waals surface area contributed by atoms with Crippen LogP contribution in [0.15, 0.2) is 15.3 Å². The lowest BCUT2D eigenvalue weighted by Crippen LogP contribution is -2.00. The van der Waals surface area contributed by atoms with E-state index >= 15 is 0 Å². The molecular weight excluding hydrogens is 254 g/mol. The van der Waals surface area contributed by atoms with Crippen molar-refractivity contribution in [2.45, 2.75) is 27.7 Å². The number of hydrogen-bond acceptors (Lipinski definition) is 7. The Morgan fingerprint density at radius 2 is 1.94 bits per heavy atom. The molecular formula is C11H17N3O3S. The number of thiazole rings is 1. The van der Waals surface area contributed by atoms with Crippen molar-refractivity contribution >= 4 is 17.3 Å². The van der Waals surface area contributed by atoms with Crippen LogP contribution in [0.1, 0.15) is 38.4 Å². The van der Waals surface area contributed by atoms with Crippen molar-refractivity contribution in [1.82, 2.24) is 15.2 Å². The minimum absolute atomic E-state index is 0.171. The van der Waals surface area contributed by atoms with E-state index in [0.717, 1.165) is 0 Å². The van der Waals surface area contributed by atoms with Crippen molar-refractivity contribution < 1.29 is 13.9 Å². The van der Waals surface area contributed by atoms with Crippen LogP contribution in [0.5, 0.6) is 0 Å². The Morgan fingerprint density at radius 1 is 1.28 bits per heavy atom. The van der Waals surface area contributed by atoms with Crippen molar-refractivity contribution in [3.63, 3.8) is 0 Å². The van der Waals surface area contributed by atoms with E-state index in [0.29, 0.717) is 5.69 Å². The van der Waals surface area contributed by atoms with Gasteiger partial charge in [0.05, 0.1) is 12.6 Å². The van der Waals surface area contributed by atoms with Crippen molar-refractivity contribution in [2.75, 3.05) is 7.11 Å². The molecule has 7 heteroatoms. The van der Waals surface area contributed by atoms with Crippen LogP contribution in [-0.4, -0.2) is 28.3 Å². The summed E-state index contributed by atoms with van der Waals surface area (Å²) in [6.45, 7) is 8.00. The molecule has 0 fully saturated rings. The zero-order chi connectivity index (χ0) is 14.0. The molecule has 0 bridgehead atoms. The van der Waals surface area contributed by atoms with Gasteiger partial charge in [-0.2, -0.15) is 0 Å². The van der Waals surface area contributed by atoms with Crippen molar-refractivity contribution in [3.8, 4) is 11.6 Å². The highest BCUT2D eigenvalue weighted by molar-refractivity contribution is 7.07. The van der Waals surface area contributed by atoms with Gasteiger partial charge in [0.2, 0.25) is 0 Å². The average Bonchev–Trinajstić information content (AvgIpc) is 3.12. The lowest BCUT2D eigenvalue weighted by Gasteiger charge is -1.88. The number of nitrogens with zero attached hydrogens (tertiary/aromatic N) is 3. The molecule has 6 nitrogen and oxygen atoms in total.